The van der Waals surface area contributed by atoms with E-state index in [9.17, 15) is 4.79 Å². The van der Waals surface area contributed by atoms with Crippen LogP contribution in [0.2, 0.25) is 0 Å². The van der Waals surface area contributed by atoms with Gasteiger partial charge in [0.15, 0.2) is 0 Å². The summed E-state index contributed by atoms with van der Waals surface area (Å²) in [6.07, 6.45) is 5.13. The number of carbonyl (C=O) groups is 1. The summed E-state index contributed by atoms with van der Waals surface area (Å²) >= 11 is 0. The minimum Gasteiger partial charge on any atom is -0.481 e. The van der Waals surface area contributed by atoms with Crippen molar-refractivity contribution in [2.24, 2.45) is 5.41 Å². The van der Waals surface area contributed by atoms with Gasteiger partial charge in [-0.3, -0.25) is 4.79 Å². The maximum absolute atomic E-state index is 11.1. The van der Waals surface area contributed by atoms with Crippen LogP contribution in [0.1, 0.15) is 52.0 Å². The molecule has 1 heterocycles. The van der Waals surface area contributed by atoms with Crippen LogP contribution in [0, 0.1) is 5.41 Å². The highest BCUT2D eigenvalue weighted by atomic mass is 16.4. The van der Waals surface area contributed by atoms with Gasteiger partial charge in [0.25, 0.3) is 0 Å². The van der Waals surface area contributed by atoms with Gasteiger partial charge in [0.1, 0.15) is 0 Å². The molecular weight excluding hydrogens is 262 g/mol. The minimum atomic E-state index is -0.695. The van der Waals surface area contributed by atoms with Crippen molar-refractivity contribution in [3.05, 3.63) is 29.8 Å². The van der Waals surface area contributed by atoms with Gasteiger partial charge >= 0.3 is 5.97 Å². The van der Waals surface area contributed by atoms with Crippen LogP contribution in [0.3, 0.4) is 0 Å². The average Bonchev–Trinajstić information content (AvgIpc) is 2.45. The quantitative estimate of drug-likeness (QED) is 0.801. The van der Waals surface area contributed by atoms with E-state index in [2.05, 4.69) is 36.1 Å². The molecule has 1 aromatic rings. The van der Waals surface area contributed by atoms with Gasteiger partial charge in [0, 0.05) is 18.3 Å². The summed E-state index contributed by atoms with van der Waals surface area (Å²) in [6, 6.07) is 9.24. The van der Waals surface area contributed by atoms with Crippen LogP contribution in [-0.4, -0.2) is 23.7 Å². The maximum Gasteiger partial charge on any atom is 0.309 e. The summed E-state index contributed by atoms with van der Waals surface area (Å²) in [5.74, 6) is -0.695. The molecule has 1 aromatic carbocycles. The Balaban J connectivity index is 1.90. The Labute approximate surface area is 128 Å². The molecule has 2 rings (SSSR count). The first kappa shape index (κ1) is 15.9. The maximum atomic E-state index is 11.1. The number of aliphatic carboxylic acids is 1. The molecule has 1 aliphatic rings. The highest BCUT2D eigenvalue weighted by Gasteiger charge is 2.27. The molecule has 3 heteroatoms. The lowest BCUT2D eigenvalue weighted by Gasteiger charge is -2.37. The third-order valence-electron chi connectivity index (χ3n) is 4.69. The number of fused-ring (bicyclic) bond motifs is 1. The van der Waals surface area contributed by atoms with Crippen LogP contribution >= 0.6 is 0 Å². The second kappa shape index (κ2) is 6.50. The van der Waals surface area contributed by atoms with Crippen molar-refractivity contribution in [2.45, 2.75) is 58.9 Å². The standard InChI is InChI=1S/C18H27NO2/c1-14-10-11-15-8-4-5-9-16(15)19(14)13-7-6-12-18(2,3)17(20)21/h4-5,8-9,14H,6-7,10-13H2,1-3H3,(H,20,21). The number of benzene rings is 1. The molecular formula is C18H27NO2. The van der Waals surface area contributed by atoms with Gasteiger partial charge in [-0.05, 0) is 58.1 Å². The van der Waals surface area contributed by atoms with Gasteiger partial charge in [-0.15, -0.1) is 0 Å². The second-order valence-corrected chi connectivity index (χ2v) is 6.86. The van der Waals surface area contributed by atoms with Gasteiger partial charge in [0.2, 0.25) is 0 Å². The number of hydrogen-bond donors (Lipinski definition) is 1. The van der Waals surface area contributed by atoms with Crippen molar-refractivity contribution in [3.8, 4) is 0 Å². The molecule has 1 N–H and O–H groups in total. The lowest BCUT2D eigenvalue weighted by molar-refractivity contribution is -0.147. The molecule has 0 fully saturated rings. The zero-order valence-corrected chi connectivity index (χ0v) is 13.4. The fourth-order valence-electron chi connectivity index (χ4n) is 3.06. The molecule has 1 atom stereocenters. The van der Waals surface area contributed by atoms with Crippen LogP contribution in [0.5, 0.6) is 0 Å². The topological polar surface area (TPSA) is 40.5 Å². The summed E-state index contributed by atoms with van der Waals surface area (Å²) in [5, 5.41) is 9.15. The van der Waals surface area contributed by atoms with Crippen LogP contribution < -0.4 is 4.90 Å². The minimum absolute atomic E-state index is 0.576. The summed E-state index contributed by atoms with van der Waals surface area (Å²) in [6.45, 7) is 6.94. The summed E-state index contributed by atoms with van der Waals surface area (Å²) in [7, 11) is 0. The second-order valence-electron chi connectivity index (χ2n) is 6.86. The monoisotopic (exact) mass is 289 g/mol. The predicted octanol–water partition coefficient (Wildman–Crippen LogP) is 4.11. The van der Waals surface area contributed by atoms with Crippen molar-refractivity contribution in [1.82, 2.24) is 0 Å². The summed E-state index contributed by atoms with van der Waals surface area (Å²) < 4.78 is 0. The van der Waals surface area contributed by atoms with Crippen molar-refractivity contribution in [3.63, 3.8) is 0 Å². The number of carboxylic acids is 1. The third kappa shape index (κ3) is 3.78. The molecule has 0 saturated heterocycles. The largest absolute Gasteiger partial charge is 0.481 e. The molecule has 0 radical (unpaired) electrons. The van der Waals surface area contributed by atoms with Crippen LogP contribution in [0.15, 0.2) is 24.3 Å². The van der Waals surface area contributed by atoms with Gasteiger partial charge in [-0.25, -0.2) is 0 Å². The Morgan fingerprint density at radius 2 is 2.05 bits per heavy atom. The van der Waals surface area contributed by atoms with E-state index in [4.69, 9.17) is 5.11 Å². The van der Waals surface area contributed by atoms with Gasteiger partial charge in [-0.2, -0.15) is 0 Å². The Bertz CT molecular complexity index is 496. The molecule has 3 nitrogen and oxygen atoms in total. The molecule has 0 spiro atoms. The highest BCUT2D eigenvalue weighted by Crippen LogP contribution is 2.31. The number of aryl methyl sites for hydroxylation is 1. The number of hydrogen-bond acceptors (Lipinski definition) is 2. The zero-order chi connectivity index (χ0) is 15.5. The number of nitrogens with zero attached hydrogens (tertiary/aromatic N) is 1. The first-order chi connectivity index (χ1) is 9.92. The fraction of sp³-hybridized carbons (Fsp3) is 0.611. The van der Waals surface area contributed by atoms with Crippen LogP contribution in [-0.2, 0) is 11.2 Å². The SMILES string of the molecule is CC1CCc2ccccc2N1CCCCC(C)(C)C(=O)O. The number of para-hydroxylation sites is 1. The summed E-state index contributed by atoms with van der Waals surface area (Å²) in [5.41, 5.74) is 2.21. The molecule has 1 unspecified atom stereocenters. The number of anilines is 1. The van der Waals surface area contributed by atoms with Gasteiger partial charge in [-0.1, -0.05) is 24.6 Å². The van der Waals surface area contributed by atoms with E-state index in [0.717, 1.165) is 25.8 Å². The Morgan fingerprint density at radius 3 is 2.76 bits per heavy atom. The molecule has 0 aromatic heterocycles. The lowest BCUT2D eigenvalue weighted by atomic mass is 9.87. The molecule has 0 saturated carbocycles. The molecule has 1 aliphatic heterocycles. The number of rotatable bonds is 6. The Kier molecular flexibility index (Phi) is 4.92. The highest BCUT2D eigenvalue weighted by molar-refractivity contribution is 5.73. The third-order valence-corrected chi connectivity index (χ3v) is 4.69. The zero-order valence-electron chi connectivity index (χ0n) is 13.4. The van der Waals surface area contributed by atoms with Gasteiger partial charge < -0.3 is 10.0 Å². The fourth-order valence-corrected chi connectivity index (χ4v) is 3.06. The molecule has 0 aliphatic carbocycles. The van der Waals surface area contributed by atoms with Crippen LogP contribution in [0.4, 0.5) is 5.69 Å². The van der Waals surface area contributed by atoms with Crippen LogP contribution in [0.25, 0.3) is 0 Å². The van der Waals surface area contributed by atoms with E-state index in [-0.39, 0.29) is 0 Å². The normalized spacial score (nSPS) is 18.4. The first-order valence-corrected chi connectivity index (χ1v) is 8.00. The smallest absolute Gasteiger partial charge is 0.309 e. The number of unbranched alkanes of at least 4 members (excludes halogenated alkanes) is 1. The Morgan fingerprint density at radius 1 is 1.33 bits per heavy atom. The average molecular weight is 289 g/mol. The Hall–Kier alpha value is -1.51. The van der Waals surface area contributed by atoms with Crippen molar-refractivity contribution >= 4 is 11.7 Å². The van der Waals surface area contributed by atoms with E-state index in [1.807, 2.05) is 13.8 Å². The van der Waals surface area contributed by atoms with Crippen molar-refractivity contribution in [1.29, 1.82) is 0 Å². The number of carboxylic acid groups (broad SMARTS) is 1. The molecule has 0 bridgehead atoms. The lowest BCUT2D eigenvalue weighted by Crippen LogP contribution is -2.38. The van der Waals surface area contributed by atoms with E-state index >= 15 is 0 Å². The van der Waals surface area contributed by atoms with Gasteiger partial charge in [0.05, 0.1) is 5.41 Å². The molecule has 0 amide bonds. The van der Waals surface area contributed by atoms with Crippen molar-refractivity contribution < 1.29 is 9.90 Å². The molecule has 21 heavy (non-hydrogen) atoms. The van der Waals surface area contributed by atoms with E-state index < -0.39 is 11.4 Å². The van der Waals surface area contributed by atoms with E-state index in [1.165, 1.54) is 24.1 Å². The van der Waals surface area contributed by atoms with Crippen molar-refractivity contribution in [2.75, 3.05) is 11.4 Å². The predicted molar refractivity (Wildman–Crippen MR) is 86.8 cm³/mol. The van der Waals surface area contributed by atoms with E-state index in [1.54, 1.807) is 0 Å². The van der Waals surface area contributed by atoms with E-state index in [0.29, 0.717) is 6.04 Å². The summed E-state index contributed by atoms with van der Waals surface area (Å²) in [4.78, 5) is 13.6. The molecule has 116 valence electrons. The first-order valence-electron chi connectivity index (χ1n) is 8.00.